The summed E-state index contributed by atoms with van der Waals surface area (Å²) < 4.78 is 0. The second kappa shape index (κ2) is 12.7. The number of rotatable bonds is 9. The Labute approximate surface area is 270 Å². The Kier molecular flexibility index (Phi) is 8.01. The molecule has 0 bridgehead atoms. The number of aryl methyl sites for hydroxylation is 2. The summed E-state index contributed by atoms with van der Waals surface area (Å²) in [7, 11) is 0. The molecule has 7 rings (SSSR count). The average molecular weight is 597 g/mol. The largest absolute Gasteiger partial charge is 0.322 e. The standard InChI is InChI=1S/C42H36N4/c1-4-11-33-20-22-37-38(46(28-32-12-7-5-8-13-32)40-25-17-31(3)27-44-40)23-21-34-18-19-35(41(33)42(34)37)29-45(36-14-9-6-10-15-36)39-24-16-30(2)26-43-39/h4-27H,1,28-29H2,2-3H3/b33-11-. The van der Waals surface area contributed by atoms with E-state index in [1.807, 2.05) is 18.5 Å². The maximum absolute atomic E-state index is 4.89. The Hall–Kier alpha value is -5.74. The van der Waals surface area contributed by atoms with Crippen molar-refractivity contribution < 1.29 is 0 Å². The van der Waals surface area contributed by atoms with Gasteiger partial charge in [-0.25, -0.2) is 9.97 Å². The molecule has 46 heavy (non-hydrogen) atoms. The third-order valence-corrected chi connectivity index (χ3v) is 8.52. The number of aromatic nitrogens is 2. The van der Waals surface area contributed by atoms with Crippen LogP contribution in [-0.4, -0.2) is 9.97 Å². The predicted molar refractivity (Wildman–Crippen MR) is 194 cm³/mol. The van der Waals surface area contributed by atoms with Gasteiger partial charge in [-0.05, 0) is 87.8 Å². The van der Waals surface area contributed by atoms with Crippen LogP contribution in [0.2, 0.25) is 0 Å². The topological polar surface area (TPSA) is 32.3 Å². The lowest BCUT2D eigenvalue weighted by molar-refractivity contribution is 0.949. The minimum atomic E-state index is 0.657. The van der Waals surface area contributed by atoms with E-state index in [4.69, 9.17) is 9.97 Å². The van der Waals surface area contributed by atoms with E-state index in [2.05, 4.69) is 158 Å². The van der Waals surface area contributed by atoms with Crippen LogP contribution in [0.1, 0.15) is 22.3 Å². The van der Waals surface area contributed by atoms with E-state index < -0.39 is 0 Å². The number of nitrogens with zero attached hydrogens (tertiary/aromatic N) is 4. The maximum Gasteiger partial charge on any atom is 0.133 e. The zero-order valence-corrected chi connectivity index (χ0v) is 26.3. The smallest absolute Gasteiger partial charge is 0.133 e. The van der Waals surface area contributed by atoms with Gasteiger partial charge in [-0.1, -0.05) is 110 Å². The molecule has 0 amide bonds. The Balaban J connectivity index is 1.44. The monoisotopic (exact) mass is 596 g/mol. The molecule has 4 nitrogen and oxygen atoms in total. The normalized spacial score (nSPS) is 11.7. The fraction of sp³-hybridized carbons (Fsp3) is 0.0952. The maximum atomic E-state index is 4.89. The van der Waals surface area contributed by atoms with Gasteiger partial charge < -0.3 is 9.80 Å². The number of hydrogen-bond donors (Lipinski definition) is 0. The number of hydrogen-bond acceptors (Lipinski definition) is 4. The molecule has 7 aromatic rings. The fourth-order valence-electron chi connectivity index (χ4n) is 6.24. The molecule has 0 N–H and O–H groups in total. The molecule has 5 aromatic carbocycles. The molecular formula is C42H36N4. The van der Waals surface area contributed by atoms with Gasteiger partial charge in [0.15, 0.2) is 0 Å². The molecule has 0 aliphatic carbocycles. The molecule has 0 radical (unpaired) electrons. The van der Waals surface area contributed by atoms with Crippen molar-refractivity contribution in [1.82, 2.24) is 9.97 Å². The lowest BCUT2D eigenvalue weighted by atomic mass is 9.93. The third-order valence-electron chi connectivity index (χ3n) is 8.52. The van der Waals surface area contributed by atoms with E-state index in [-0.39, 0.29) is 0 Å². The van der Waals surface area contributed by atoms with Crippen LogP contribution in [0.15, 0.2) is 146 Å². The molecule has 0 fully saturated rings. The molecule has 224 valence electrons. The SMILES string of the molecule is C=C/C=c1/ccc2c(N(Cc3ccccc3)c3ccc(C)cn3)ccc3ccc(CN(c4ccccc4)c4ccc(C)cn4)c1c32. The molecule has 0 atom stereocenters. The van der Waals surface area contributed by atoms with Gasteiger partial charge in [-0.2, -0.15) is 0 Å². The van der Waals surface area contributed by atoms with E-state index in [9.17, 15) is 0 Å². The van der Waals surface area contributed by atoms with Crippen LogP contribution >= 0.6 is 0 Å². The molecule has 2 aromatic heterocycles. The van der Waals surface area contributed by atoms with Crippen molar-refractivity contribution in [3.05, 3.63) is 174 Å². The Morgan fingerprint density at radius 3 is 1.91 bits per heavy atom. The molecule has 2 heterocycles. The summed E-state index contributed by atoms with van der Waals surface area (Å²) in [6.07, 6.45) is 7.88. The molecule has 0 spiro atoms. The zero-order chi connectivity index (χ0) is 31.5. The number of allylic oxidation sites excluding steroid dienone is 1. The minimum absolute atomic E-state index is 0.657. The van der Waals surface area contributed by atoms with Crippen LogP contribution < -0.4 is 15.0 Å². The zero-order valence-electron chi connectivity index (χ0n) is 26.3. The average Bonchev–Trinajstić information content (AvgIpc) is 3.10. The highest BCUT2D eigenvalue weighted by atomic mass is 15.2. The first-order valence-corrected chi connectivity index (χ1v) is 15.7. The predicted octanol–water partition coefficient (Wildman–Crippen LogP) is 9.76. The molecule has 0 saturated carbocycles. The Morgan fingerprint density at radius 1 is 0.609 bits per heavy atom. The van der Waals surface area contributed by atoms with Gasteiger partial charge in [0.05, 0.1) is 12.2 Å². The summed E-state index contributed by atoms with van der Waals surface area (Å²) in [4.78, 5) is 14.4. The van der Waals surface area contributed by atoms with Crippen molar-refractivity contribution in [2.24, 2.45) is 0 Å². The van der Waals surface area contributed by atoms with Crippen LogP contribution in [0.5, 0.6) is 0 Å². The second-order valence-electron chi connectivity index (χ2n) is 11.8. The summed E-state index contributed by atoms with van der Waals surface area (Å²) in [5, 5.41) is 6.00. The van der Waals surface area contributed by atoms with Crippen LogP contribution in [0, 0.1) is 13.8 Å². The Bertz CT molecular complexity index is 2170. The van der Waals surface area contributed by atoms with Gasteiger partial charge in [0, 0.05) is 30.0 Å². The molecule has 0 aliphatic heterocycles. The summed E-state index contributed by atoms with van der Waals surface area (Å²) >= 11 is 0. The Morgan fingerprint density at radius 2 is 1.26 bits per heavy atom. The molecule has 0 saturated heterocycles. The molecular weight excluding hydrogens is 560 g/mol. The summed E-state index contributed by atoms with van der Waals surface area (Å²) in [6, 6.07) is 43.1. The van der Waals surface area contributed by atoms with Gasteiger partial charge in [0.1, 0.15) is 11.6 Å². The van der Waals surface area contributed by atoms with Crippen molar-refractivity contribution >= 4 is 50.6 Å². The quantitative estimate of drug-likeness (QED) is 0.166. The number of anilines is 4. The fourth-order valence-corrected chi connectivity index (χ4v) is 6.24. The summed E-state index contributed by atoms with van der Waals surface area (Å²) in [6.45, 7) is 9.57. The van der Waals surface area contributed by atoms with Gasteiger partial charge in [0.2, 0.25) is 0 Å². The molecule has 4 heteroatoms. The number of pyridine rings is 2. The molecule has 0 unspecified atom stereocenters. The lowest BCUT2D eigenvalue weighted by Gasteiger charge is -2.28. The first-order chi connectivity index (χ1) is 22.6. The minimum Gasteiger partial charge on any atom is -0.322 e. The van der Waals surface area contributed by atoms with Crippen molar-refractivity contribution in [3.63, 3.8) is 0 Å². The van der Waals surface area contributed by atoms with Crippen molar-refractivity contribution in [1.29, 1.82) is 0 Å². The summed E-state index contributed by atoms with van der Waals surface area (Å²) in [5.74, 6) is 1.84. The van der Waals surface area contributed by atoms with Crippen LogP contribution in [0.25, 0.3) is 27.6 Å². The first-order valence-electron chi connectivity index (χ1n) is 15.7. The van der Waals surface area contributed by atoms with Gasteiger partial charge >= 0.3 is 0 Å². The van der Waals surface area contributed by atoms with Gasteiger partial charge in [-0.3, -0.25) is 0 Å². The van der Waals surface area contributed by atoms with Gasteiger partial charge in [0.25, 0.3) is 0 Å². The lowest BCUT2D eigenvalue weighted by Crippen LogP contribution is -2.20. The third kappa shape index (κ3) is 5.73. The number of para-hydroxylation sites is 1. The van der Waals surface area contributed by atoms with Crippen LogP contribution in [0.4, 0.5) is 23.0 Å². The highest BCUT2D eigenvalue weighted by Gasteiger charge is 2.20. The van der Waals surface area contributed by atoms with E-state index >= 15 is 0 Å². The van der Waals surface area contributed by atoms with Gasteiger partial charge in [-0.15, -0.1) is 0 Å². The number of benzene rings is 5. The van der Waals surface area contributed by atoms with E-state index in [0.29, 0.717) is 13.1 Å². The first kappa shape index (κ1) is 29.0. The van der Waals surface area contributed by atoms with Crippen molar-refractivity contribution in [2.75, 3.05) is 9.80 Å². The van der Waals surface area contributed by atoms with Crippen molar-refractivity contribution in [2.45, 2.75) is 26.9 Å². The van der Waals surface area contributed by atoms with Crippen LogP contribution in [-0.2, 0) is 13.1 Å². The molecule has 0 aliphatic rings. The van der Waals surface area contributed by atoms with Crippen molar-refractivity contribution in [3.8, 4) is 0 Å². The highest BCUT2D eigenvalue weighted by Crippen LogP contribution is 2.38. The van der Waals surface area contributed by atoms with E-state index in [1.54, 1.807) is 0 Å². The second-order valence-corrected chi connectivity index (χ2v) is 11.8. The van der Waals surface area contributed by atoms with E-state index in [0.717, 1.165) is 39.4 Å². The van der Waals surface area contributed by atoms with E-state index in [1.165, 1.54) is 32.7 Å². The highest BCUT2D eigenvalue weighted by molar-refractivity contribution is 6.16. The summed E-state index contributed by atoms with van der Waals surface area (Å²) in [5.41, 5.74) is 6.94. The van der Waals surface area contributed by atoms with Crippen LogP contribution in [0.3, 0.4) is 0 Å².